The molecule has 0 aliphatic carbocycles. The molecule has 3 rings (SSSR count). The number of hydrogen-bond donors (Lipinski definition) is 4. The second kappa shape index (κ2) is 17.9. The van der Waals surface area contributed by atoms with E-state index in [0.29, 0.717) is 24.9 Å². The molecule has 2 aromatic rings. The van der Waals surface area contributed by atoms with Crippen LogP contribution in [0.1, 0.15) is 97.8 Å². The van der Waals surface area contributed by atoms with E-state index in [-0.39, 0.29) is 24.2 Å². The number of nitrogens with one attached hydrogen (secondary N) is 3. The first kappa shape index (κ1) is 41.3. The summed E-state index contributed by atoms with van der Waals surface area (Å²) in [5, 5.41) is 11.8. The fourth-order valence-corrected chi connectivity index (χ4v) is 5.43. The summed E-state index contributed by atoms with van der Waals surface area (Å²) in [4.78, 5) is 71.0. The van der Waals surface area contributed by atoms with E-state index in [1.165, 1.54) is 4.90 Å². The summed E-state index contributed by atoms with van der Waals surface area (Å²) in [7, 11) is 0. The predicted molar refractivity (Wildman–Crippen MR) is 196 cm³/mol. The summed E-state index contributed by atoms with van der Waals surface area (Å²) in [5.41, 5.74) is 6.85. The lowest BCUT2D eigenvalue weighted by molar-refractivity contribution is -0.147. The van der Waals surface area contributed by atoms with Crippen molar-refractivity contribution in [1.82, 2.24) is 20.9 Å². The Balaban J connectivity index is 1.57. The van der Waals surface area contributed by atoms with Crippen LogP contribution >= 0.6 is 0 Å². The first-order valence-corrected chi connectivity index (χ1v) is 17.5. The molecule has 0 bridgehead atoms. The lowest BCUT2D eigenvalue weighted by Gasteiger charge is -2.39. The second-order valence-electron chi connectivity index (χ2n) is 15.2. The van der Waals surface area contributed by atoms with Gasteiger partial charge >= 0.3 is 18.2 Å². The Bertz CT molecular complexity index is 1580. The quantitative estimate of drug-likeness (QED) is 0.110. The summed E-state index contributed by atoms with van der Waals surface area (Å²) in [6.45, 7) is 16.0. The van der Waals surface area contributed by atoms with Crippen LogP contribution in [0.25, 0.3) is 0 Å². The minimum Gasteiger partial charge on any atom is -0.444 e. The van der Waals surface area contributed by atoms with Crippen LogP contribution in [0.3, 0.4) is 0 Å². The normalized spacial score (nSPS) is 17.7. The number of carbonyl (C=O) groups excluding carboxylic acids is 5. The van der Waals surface area contributed by atoms with Gasteiger partial charge in [0.05, 0.1) is 0 Å². The zero-order valence-corrected chi connectivity index (χ0v) is 31.6. The molecule has 1 fully saturated rings. The number of amides is 4. The van der Waals surface area contributed by atoms with Crippen molar-refractivity contribution in [2.45, 2.75) is 117 Å². The molecule has 2 aromatic carbocycles. The monoisotopic (exact) mass is 722 g/mol. The molecular formula is C38H54N6O8. The highest BCUT2D eigenvalue weighted by Crippen LogP contribution is 2.32. The summed E-state index contributed by atoms with van der Waals surface area (Å²) in [6.07, 6.45) is -0.261. The lowest BCUT2D eigenvalue weighted by atomic mass is 9.85. The SMILES string of the molecule is CC(C)[C@H](NC(=O)OC(C)(C)C)C(=O)O/N=C(\N)c1ccc(CNC(=O)[C@H](C)NC(=O)[C@H]2C[C@@H](c3ccccc3)CCN2C(=O)OC(C)(C)C)cc1. The van der Waals surface area contributed by atoms with E-state index < -0.39 is 59.3 Å². The van der Waals surface area contributed by atoms with Gasteiger partial charge in [0.25, 0.3) is 0 Å². The van der Waals surface area contributed by atoms with E-state index in [4.69, 9.17) is 20.0 Å². The van der Waals surface area contributed by atoms with Crippen LogP contribution in [0.4, 0.5) is 9.59 Å². The zero-order valence-electron chi connectivity index (χ0n) is 31.6. The second-order valence-corrected chi connectivity index (χ2v) is 15.2. The van der Waals surface area contributed by atoms with E-state index in [1.807, 2.05) is 30.3 Å². The molecule has 1 saturated heterocycles. The molecule has 1 aliphatic heterocycles. The van der Waals surface area contributed by atoms with Gasteiger partial charge < -0.3 is 36.0 Å². The number of ether oxygens (including phenoxy) is 2. The molecule has 0 aromatic heterocycles. The van der Waals surface area contributed by atoms with Crippen LogP contribution < -0.4 is 21.7 Å². The number of nitrogens with two attached hydrogens (primary N) is 1. The van der Waals surface area contributed by atoms with Gasteiger partial charge in [-0.15, -0.1) is 0 Å². The Morgan fingerprint density at radius 3 is 2.08 bits per heavy atom. The fourth-order valence-electron chi connectivity index (χ4n) is 5.43. The molecule has 4 atom stereocenters. The van der Waals surface area contributed by atoms with Crippen molar-refractivity contribution in [2.24, 2.45) is 16.8 Å². The summed E-state index contributed by atoms with van der Waals surface area (Å²) < 4.78 is 10.8. The van der Waals surface area contributed by atoms with Gasteiger partial charge in [0.15, 0.2) is 5.84 Å². The third-order valence-corrected chi connectivity index (χ3v) is 8.10. The topological polar surface area (TPSA) is 191 Å². The maximum Gasteiger partial charge on any atom is 0.410 e. The summed E-state index contributed by atoms with van der Waals surface area (Å²) in [5.74, 6) is -1.97. The first-order chi connectivity index (χ1) is 24.2. The van der Waals surface area contributed by atoms with Crippen molar-refractivity contribution < 1.29 is 38.3 Å². The minimum absolute atomic E-state index is 0.0620. The van der Waals surface area contributed by atoms with Crippen LogP contribution in [-0.2, 0) is 35.2 Å². The number of nitrogens with zero attached hydrogens (tertiary/aromatic N) is 2. The van der Waals surface area contributed by atoms with Crippen molar-refractivity contribution in [2.75, 3.05) is 6.54 Å². The van der Waals surface area contributed by atoms with E-state index >= 15 is 0 Å². The number of benzene rings is 2. The van der Waals surface area contributed by atoms with Crippen LogP contribution in [0.5, 0.6) is 0 Å². The van der Waals surface area contributed by atoms with Crippen LogP contribution in [0, 0.1) is 5.92 Å². The molecule has 5 N–H and O–H groups in total. The largest absolute Gasteiger partial charge is 0.444 e. The van der Waals surface area contributed by atoms with Crippen molar-refractivity contribution >= 4 is 35.8 Å². The number of oxime groups is 1. The molecule has 0 radical (unpaired) electrons. The Morgan fingerprint density at radius 2 is 1.50 bits per heavy atom. The van der Waals surface area contributed by atoms with Crippen molar-refractivity contribution in [3.05, 3.63) is 71.3 Å². The Hall–Kier alpha value is -5.14. The summed E-state index contributed by atoms with van der Waals surface area (Å²) >= 11 is 0. The fraction of sp³-hybridized carbons (Fsp3) is 0.526. The molecule has 0 saturated carbocycles. The Labute approximate surface area is 306 Å². The van der Waals surface area contributed by atoms with Crippen molar-refractivity contribution in [3.63, 3.8) is 0 Å². The Kier molecular flexibility index (Phi) is 14.2. The molecule has 284 valence electrons. The molecular weight excluding hydrogens is 668 g/mol. The standard InChI is InChI=1S/C38H54N6O8/c1-23(2)30(42-35(48)50-37(4,5)6)34(47)52-43-31(39)27-17-15-25(16-18-27)22-40-32(45)24(3)41-33(46)29-21-28(26-13-11-10-12-14-26)19-20-44(29)36(49)51-38(7,8)9/h10-18,23-24,28-30H,19-22H2,1-9H3,(H2,39,43)(H,40,45)(H,41,46)(H,42,48)/t24-,28-,29+,30-/m0/s1. The van der Waals surface area contributed by atoms with Crippen LogP contribution in [0.15, 0.2) is 59.8 Å². The minimum atomic E-state index is -1.01. The number of amidine groups is 1. The third-order valence-electron chi connectivity index (χ3n) is 8.10. The van der Waals surface area contributed by atoms with Gasteiger partial charge in [0.2, 0.25) is 11.8 Å². The zero-order chi connectivity index (χ0) is 38.8. The molecule has 1 aliphatic rings. The maximum atomic E-state index is 13.6. The first-order valence-electron chi connectivity index (χ1n) is 17.5. The Morgan fingerprint density at radius 1 is 0.885 bits per heavy atom. The number of piperidine rings is 1. The van der Waals surface area contributed by atoms with Gasteiger partial charge in [-0.2, -0.15) is 0 Å². The van der Waals surface area contributed by atoms with Crippen LogP contribution in [-0.4, -0.2) is 76.6 Å². The van der Waals surface area contributed by atoms with Gasteiger partial charge in [-0.25, -0.2) is 14.4 Å². The number of carbonyl (C=O) groups is 5. The van der Waals surface area contributed by atoms with Gasteiger partial charge in [0.1, 0.15) is 29.3 Å². The van der Waals surface area contributed by atoms with Crippen LogP contribution in [0.2, 0.25) is 0 Å². The number of rotatable bonds is 11. The highest BCUT2D eigenvalue weighted by molar-refractivity contribution is 5.97. The molecule has 0 unspecified atom stereocenters. The van der Waals surface area contributed by atoms with E-state index in [1.54, 1.807) is 86.6 Å². The third kappa shape index (κ3) is 12.9. The number of alkyl carbamates (subject to hydrolysis) is 1. The van der Waals surface area contributed by atoms with Crippen molar-refractivity contribution in [3.8, 4) is 0 Å². The predicted octanol–water partition coefficient (Wildman–Crippen LogP) is 4.70. The molecule has 14 heteroatoms. The van der Waals surface area contributed by atoms with Gasteiger partial charge in [-0.05, 0) is 84.3 Å². The number of hydrogen-bond acceptors (Lipinski definition) is 9. The average molecular weight is 723 g/mol. The summed E-state index contributed by atoms with van der Waals surface area (Å²) in [6, 6.07) is 13.9. The lowest BCUT2D eigenvalue weighted by Crippen LogP contribution is -2.57. The molecule has 0 spiro atoms. The van der Waals surface area contributed by atoms with E-state index in [2.05, 4.69) is 21.1 Å². The average Bonchev–Trinajstić information content (AvgIpc) is 3.06. The van der Waals surface area contributed by atoms with Gasteiger partial charge in [-0.1, -0.05) is 73.6 Å². The van der Waals surface area contributed by atoms with Crippen molar-refractivity contribution in [1.29, 1.82) is 0 Å². The molecule has 1 heterocycles. The van der Waals surface area contributed by atoms with E-state index in [9.17, 15) is 24.0 Å². The van der Waals surface area contributed by atoms with E-state index in [0.717, 1.165) is 11.1 Å². The maximum absolute atomic E-state index is 13.6. The molecule has 14 nitrogen and oxygen atoms in total. The highest BCUT2D eigenvalue weighted by atomic mass is 16.7. The molecule has 4 amide bonds. The van der Waals surface area contributed by atoms with Gasteiger partial charge in [0, 0.05) is 18.7 Å². The number of likely N-dealkylation sites (tertiary alicyclic amines) is 1. The molecule has 52 heavy (non-hydrogen) atoms. The highest BCUT2D eigenvalue weighted by Gasteiger charge is 2.39. The van der Waals surface area contributed by atoms with Gasteiger partial charge in [-0.3, -0.25) is 14.5 Å². The smallest absolute Gasteiger partial charge is 0.410 e.